The minimum absolute atomic E-state index is 0.292. The SMILES string of the molecule is Cc1ccc(Oc2ccc(NC(=O)C3CC3[N+](=O)[O-])cn2)cc1C. The van der Waals surface area contributed by atoms with E-state index < -0.39 is 16.9 Å². The van der Waals surface area contributed by atoms with Crippen molar-refractivity contribution >= 4 is 11.6 Å². The zero-order valence-corrected chi connectivity index (χ0v) is 13.4. The quantitative estimate of drug-likeness (QED) is 0.672. The second-order valence-electron chi connectivity index (χ2n) is 5.92. The van der Waals surface area contributed by atoms with Crippen molar-refractivity contribution in [2.24, 2.45) is 5.92 Å². The Hall–Kier alpha value is -2.96. The Kier molecular flexibility index (Phi) is 4.16. The molecule has 1 aromatic heterocycles. The van der Waals surface area contributed by atoms with E-state index in [9.17, 15) is 14.9 Å². The van der Waals surface area contributed by atoms with E-state index >= 15 is 0 Å². The van der Waals surface area contributed by atoms with Crippen molar-refractivity contribution in [3.63, 3.8) is 0 Å². The van der Waals surface area contributed by atoms with Crippen LogP contribution in [0.1, 0.15) is 17.5 Å². The highest BCUT2D eigenvalue weighted by molar-refractivity contribution is 5.94. The van der Waals surface area contributed by atoms with Crippen LogP contribution in [-0.2, 0) is 4.79 Å². The Bertz CT molecular complexity index is 789. The van der Waals surface area contributed by atoms with Crippen LogP contribution in [0.3, 0.4) is 0 Å². The second-order valence-corrected chi connectivity index (χ2v) is 5.92. The van der Waals surface area contributed by atoms with Crippen LogP contribution in [0.2, 0.25) is 0 Å². The summed E-state index contributed by atoms with van der Waals surface area (Å²) in [5.41, 5.74) is 2.80. The maximum Gasteiger partial charge on any atom is 0.234 e. The molecule has 0 saturated heterocycles. The van der Waals surface area contributed by atoms with Crippen molar-refractivity contribution in [3.05, 3.63) is 57.8 Å². The molecular weight excluding hydrogens is 310 g/mol. The average molecular weight is 327 g/mol. The van der Waals surface area contributed by atoms with Crippen LogP contribution in [0.25, 0.3) is 0 Å². The van der Waals surface area contributed by atoms with Gasteiger partial charge >= 0.3 is 0 Å². The number of nitrogens with one attached hydrogen (secondary N) is 1. The van der Waals surface area contributed by atoms with E-state index in [2.05, 4.69) is 10.3 Å². The smallest absolute Gasteiger partial charge is 0.234 e. The fourth-order valence-corrected chi connectivity index (χ4v) is 2.34. The molecule has 2 atom stereocenters. The molecule has 1 aliphatic carbocycles. The number of ether oxygens (including phenoxy) is 1. The van der Waals surface area contributed by atoms with Crippen LogP contribution < -0.4 is 10.1 Å². The molecule has 1 saturated carbocycles. The van der Waals surface area contributed by atoms with Crippen LogP contribution in [0.5, 0.6) is 11.6 Å². The maximum absolute atomic E-state index is 11.9. The molecule has 124 valence electrons. The highest BCUT2D eigenvalue weighted by Gasteiger charge is 2.53. The maximum atomic E-state index is 11.9. The average Bonchev–Trinajstić information content (AvgIpc) is 3.34. The topological polar surface area (TPSA) is 94.4 Å². The first-order valence-electron chi connectivity index (χ1n) is 7.59. The molecule has 1 N–H and O–H groups in total. The summed E-state index contributed by atoms with van der Waals surface area (Å²) in [7, 11) is 0. The van der Waals surface area contributed by atoms with Crippen molar-refractivity contribution in [2.75, 3.05) is 5.32 Å². The van der Waals surface area contributed by atoms with Gasteiger partial charge in [0.25, 0.3) is 0 Å². The number of aryl methyl sites for hydroxylation is 2. The van der Waals surface area contributed by atoms with Gasteiger partial charge in [0.15, 0.2) is 0 Å². The third-order valence-electron chi connectivity index (χ3n) is 4.07. The molecule has 0 radical (unpaired) electrons. The predicted molar refractivity (Wildman–Crippen MR) is 87.7 cm³/mol. The van der Waals surface area contributed by atoms with Gasteiger partial charge in [-0.15, -0.1) is 0 Å². The number of anilines is 1. The summed E-state index contributed by atoms with van der Waals surface area (Å²) >= 11 is 0. The predicted octanol–water partition coefficient (Wildman–Crippen LogP) is 3.09. The lowest BCUT2D eigenvalue weighted by atomic mass is 10.1. The second kappa shape index (κ2) is 6.27. The summed E-state index contributed by atoms with van der Waals surface area (Å²) in [6.07, 6.45) is 1.76. The molecular formula is C17H17N3O4. The fourth-order valence-electron chi connectivity index (χ4n) is 2.34. The summed E-state index contributed by atoms with van der Waals surface area (Å²) in [5.74, 6) is 0.202. The van der Waals surface area contributed by atoms with Gasteiger partial charge in [-0.1, -0.05) is 6.07 Å². The van der Waals surface area contributed by atoms with Crippen LogP contribution in [0.15, 0.2) is 36.5 Å². The number of carbonyl (C=O) groups is 1. The molecule has 1 heterocycles. The largest absolute Gasteiger partial charge is 0.439 e. The number of hydrogen-bond acceptors (Lipinski definition) is 5. The van der Waals surface area contributed by atoms with E-state index in [0.29, 0.717) is 23.7 Å². The van der Waals surface area contributed by atoms with Crippen LogP contribution in [-0.4, -0.2) is 21.9 Å². The molecule has 1 aliphatic rings. The molecule has 1 amide bonds. The molecule has 0 aliphatic heterocycles. The van der Waals surface area contributed by atoms with Gasteiger partial charge in [-0.3, -0.25) is 14.9 Å². The van der Waals surface area contributed by atoms with Crippen molar-refractivity contribution in [2.45, 2.75) is 26.3 Å². The van der Waals surface area contributed by atoms with E-state index in [1.807, 2.05) is 32.0 Å². The number of rotatable bonds is 5. The number of hydrogen-bond donors (Lipinski definition) is 1. The minimum atomic E-state index is -0.759. The standard InChI is InChI=1S/C17H17N3O4/c1-10-3-5-13(7-11(10)2)24-16-6-4-12(9-18-16)19-17(21)14-8-15(14)20(22)23/h3-7,9,14-15H,8H2,1-2H3,(H,19,21). The van der Waals surface area contributed by atoms with Gasteiger partial charge in [-0.2, -0.15) is 0 Å². The molecule has 3 rings (SSSR count). The molecule has 24 heavy (non-hydrogen) atoms. The van der Waals surface area contributed by atoms with Gasteiger partial charge < -0.3 is 10.1 Å². The van der Waals surface area contributed by atoms with E-state index in [0.717, 1.165) is 5.56 Å². The highest BCUT2D eigenvalue weighted by atomic mass is 16.6. The first kappa shape index (κ1) is 15.9. The summed E-state index contributed by atoms with van der Waals surface area (Å²) in [6, 6.07) is 8.31. The molecule has 2 unspecified atom stereocenters. The summed E-state index contributed by atoms with van der Waals surface area (Å²) in [4.78, 5) is 26.2. The summed E-state index contributed by atoms with van der Waals surface area (Å²) in [5, 5.41) is 13.2. The summed E-state index contributed by atoms with van der Waals surface area (Å²) in [6.45, 7) is 4.03. The zero-order chi connectivity index (χ0) is 17.3. The fraction of sp³-hybridized carbons (Fsp3) is 0.294. The van der Waals surface area contributed by atoms with Crippen LogP contribution >= 0.6 is 0 Å². The number of aromatic nitrogens is 1. The number of benzene rings is 1. The summed E-state index contributed by atoms with van der Waals surface area (Å²) < 4.78 is 5.67. The third-order valence-corrected chi connectivity index (χ3v) is 4.07. The Balaban J connectivity index is 1.60. The molecule has 7 nitrogen and oxygen atoms in total. The molecule has 1 aromatic carbocycles. The van der Waals surface area contributed by atoms with Crippen molar-refractivity contribution in [1.82, 2.24) is 4.98 Å². The van der Waals surface area contributed by atoms with Crippen LogP contribution in [0.4, 0.5) is 5.69 Å². The monoisotopic (exact) mass is 327 g/mol. The van der Waals surface area contributed by atoms with Gasteiger partial charge in [-0.05, 0) is 43.2 Å². The van der Waals surface area contributed by atoms with Gasteiger partial charge in [-0.25, -0.2) is 4.98 Å². The number of amides is 1. The zero-order valence-electron chi connectivity index (χ0n) is 13.4. The van der Waals surface area contributed by atoms with Crippen molar-refractivity contribution in [1.29, 1.82) is 0 Å². The van der Waals surface area contributed by atoms with Crippen LogP contribution in [0, 0.1) is 29.9 Å². The minimum Gasteiger partial charge on any atom is -0.439 e. The Morgan fingerprint density at radius 1 is 1.29 bits per heavy atom. The van der Waals surface area contributed by atoms with E-state index in [1.54, 1.807) is 12.1 Å². The van der Waals surface area contributed by atoms with E-state index in [1.165, 1.54) is 11.8 Å². The first-order chi connectivity index (χ1) is 11.4. The number of pyridine rings is 1. The van der Waals surface area contributed by atoms with E-state index in [-0.39, 0.29) is 5.91 Å². The van der Waals surface area contributed by atoms with Gasteiger partial charge in [0, 0.05) is 17.4 Å². The lowest BCUT2D eigenvalue weighted by Crippen LogP contribution is -2.18. The third kappa shape index (κ3) is 3.51. The first-order valence-corrected chi connectivity index (χ1v) is 7.59. The molecule has 0 spiro atoms. The number of nitro groups is 1. The van der Waals surface area contributed by atoms with Crippen molar-refractivity contribution in [3.8, 4) is 11.6 Å². The normalized spacial score (nSPS) is 18.8. The van der Waals surface area contributed by atoms with Gasteiger partial charge in [0.2, 0.25) is 17.8 Å². The van der Waals surface area contributed by atoms with Gasteiger partial charge in [0.05, 0.1) is 11.9 Å². The highest BCUT2D eigenvalue weighted by Crippen LogP contribution is 2.34. The Morgan fingerprint density at radius 3 is 2.67 bits per heavy atom. The Morgan fingerprint density at radius 2 is 2.08 bits per heavy atom. The number of nitrogens with zero attached hydrogens (tertiary/aromatic N) is 2. The molecule has 0 bridgehead atoms. The van der Waals surface area contributed by atoms with Gasteiger partial charge in [0.1, 0.15) is 11.7 Å². The molecule has 2 aromatic rings. The Labute approximate surface area is 138 Å². The van der Waals surface area contributed by atoms with E-state index in [4.69, 9.17) is 4.74 Å². The molecule has 1 fully saturated rings. The lowest BCUT2D eigenvalue weighted by Gasteiger charge is -2.08. The molecule has 7 heteroatoms. The lowest BCUT2D eigenvalue weighted by molar-refractivity contribution is -0.497. The van der Waals surface area contributed by atoms with Crippen molar-refractivity contribution < 1.29 is 14.5 Å². The number of carbonyl (C=O) groups excluding carboxylic acids is 1.